The van der Waals surface area contributed by atoms with E-state index >= 15 is 0 Å². The quantitative estimate of drug-likeness (QED) is 0.485. The summed E-state index contributed by atoms with van der Waals surface area (Å²) >= 11 is 0. The van der Waals surface area contributed by atoms with E-state index in [1.165, 1.54) is 10.6 Å². The molecule has 0 heterocycles. The summed E-state index contributed by atoms with van der Waals surface area (Å²) in [7, 11) is -3.52. The highest BCUT2D eigenvalue weighted by molar-refractivity contribution is 7.92. The smallest absolute Gasteiger partial charge is 0.242 e. The fourth-order valence-electron chi connectivity index (χ4n) is 4.74. The number of aryl methyl sites for hydroxylation is 1. The third-order valence-electron chi connectivity index (χ3n) is 7.06. The highest BCUT2D eigenvalue weighted by Crippen LogP contribution is 2.25. The summed E-state index contributed by atoms with van der Waals surface area (Å²) in [4.78, 5) is 28.0. The maximum Gasteiger partial charge on any atom is 0.242 e. The Hall–Kier alpha value is -2.87. The zero-order valence-electron chi connectivity index (χ0n) is 21.9. The molecule has 2 amide bonds. The number of rotatable bonds is 11. The summed E-state index contributed by atoms with van der Waals surface area (Å²) in [5, 5.41) is 3.11. The van der Waals surface area contributed by atoms with E-state index in [0.29, 0.717) is 18.7 Å². The van der Waals surface area contributed by atoms with Crippen molar-refractivity contribution in [3.63, 3.8) is 0 Å². The maximum absolute atomic E-state index is 13.4. The highest BCUT2D eigenvalue weighted by Gasteiger charge is 2.29. The number of carbonyl (C=O) groups excluding carboxylic acids is 2. The lowest BCUT2D eigenvalue weighted by atomic mass is 10.1. The number of anilines is 1. The van der Waals surface area contributed by atoms with Crippen LogP contribution in [0.2, 0.25) is 0 Å². The molecular formula is C28H39N3O4S. The number of sulfonamides is 1. The van der Waals surface area contributed by atoms with Crippen molar-refractivity contribution in [2.45, 2.75) is 77.9 Å². The first-order valence-corrected chi connectivity index (χ1v) is 14.6. The first-order valence-electron chi connectivity index (χ1n) is 12.8. The van der Waals surface area contributed by atoms with Crippen LogP contribution in [0.3, 0.4) is 0 Å². The number of amides is 2. The van der Waals surface area contributed by atoms with Crippen molar-refractivity contribution in [2.75, 3.05) is 17.1 Å². The molecule has 36 heavy (non-hydrogen) atoms. The lowest BCUT2D eigenvalue weighted by molar-refractivity contribution is -0.141. The van der Waals surface area contributed by atoms with Crippen LogP contribution in [0.5, 0.6) is 0 Å². The van der Waals surface area contributed by atoms with Crippen LogP contribution < -0.4 is 9.62 Å². The SMILES string of the molecule is Cc1cccc(N(CCCC(=O)N(Cc2ccccc2)[C@H](C)C(=O)NC2CCCC2)S(C)(=O)=O)c1C. The predicted molar refractivity (Wildman–Crippen MR) is 144 cm³/mol. The van der Waals surface area contributed by atoms with Crippen molar-refractivity contribution in [2.24, 2.45) is 0 Å². The third kappa shape index (κ3) is 7.32. The summed E-state index contributed by atoms with van der Waals surface area (Å²) in [5.74, 6) is -0.304. The summed E-state index contributed by atoms with van der Waals surface area (Å²) in [6, 6.07) is 14.8. The van der Waals surface area contributed by atoms with Gasteiger partial charge in [0.2, 0.25) is 21.8 Å². The first kappa shape index (κ1) is 27.7. The van der Waals surface area contributed by atoms with Crippen molar-refractivity contribution >= 4 is 27.5 Å². The van der Waals surface area contributed by atoms with Gasteiger partial charge in [0.05, 0.1) is 11.9 Å². The normalized spacial score (nSPS) is 14.9. The van der Waals surface area contributed by atoms with Crippen LogP contribution in [-0.4, -0.2) is 50.0 Å². The molecule has 1 N–H and O–H groups in total. The molecule has 3 rings (SSSR count). The summed E-state index contributed by atoms with van der Waals surface area (Å²) in [6.07, 6.45) is 5.86. The van der Waals surface area contributed by atoms with E-state index < -0.39 is 16.1 Å². The van der Waals surface area contributed by atoms with Crippen LogP contribution in [0.4, 0.5) is 5.69 Å². The van der Waals surface area contributed by atoms with Gasteiger partial charge in [0, 0.05) is 25.6 Å². The van der Waals surface area contributed by atoms with Crippen molar-refractivity contribution in [3.8, 4) is 0 Å². The maximum atomic E-state index is 13.4. The van der Waals surface area contributed by atoms with Gasteiger partial charge in [-0.15, -0.1) is 0 Å². The van der Waals surface area contributed by atoms with Crippen LogP contribution in [0.25, 0.3) is 0 Å². The van der Waals surface area contributed by atoms with E-state index in [1.807, 2.05) is 56.3 Å². The van der Waals surface area contributed by atoms with Gasteiger partial charge in [0.25, 0.3) is 0 Å². The zero-order valence-corrected chi connectivity index (χ0v) is 22.7. The molecule has 2 aromatic carbocycles. The zero-order chi connectivity index (χ0) is 26.3. The van der Waals surface area contributed by atoms with E-state index in [9.17, 15) is 18.0 Å². The fourth-order valence-corrected chi connectivity index (χ4v) is 5.76. The van der Waals surface area contributed by atoms with E-state index in [2.05, 4.69) is 5.32 Å². The molecule has 0 aliphatic heterocycles. The highest BCUT2D eigenvalue weighted by atomic mass is 32.2. The Labute approximate surface area is 215 Å². The lowest BCUT2D eigenvalue weighted by Crippen LogP contribution is -2.49. The van der Waals surface area contributed by atoms with Crippen LogP contribution in [0.15, 0.2) is 48.5 Å². The fraction of sp³-hybridized carbons (Fsp3) is 0.500. The third-order valence-corrected chi connectivity index (χ3v) is 8.24. The Bertz CT molecular complexity index is 1140. The molecule has 1 aliphatic carbocycles. The first-order chi connectivity index (χ1) is 17.1. The van der Waals surface area contributed by atoms with Crippen LogP contribution in [-0.2, 0) is 26.2 Å². The lowest BCUT2D eigenvalue weighted by Gasteiger charge is -2.30. The molecule has 0 unspecified atom stereocenters. The molecule has 0 spiro atoms. The average Bonchev–Trinajstić information content (AvgIpc) is 3.35. The number of hydrogen-bond donors (Lipinski definition) is 1. The number of hydrogen-bond acceptors (Lipinski definition) is 4. The van der Waals surface area contributed by atoms with Crippen molar-refractivity contribution in [3.05, 3.63) is 65.2 Å². The van der Waals surface area contributed by atoms with Gasteiger partial charge in [-0.2, -0.15) is 0 Å². The minimum absolute atomic E-state index is 0.140. The molecule has 7 nitrogen and oxygen atoms in total. The molecule has 1 saturated carbocycles. The second kappa shape index (κ2) is 12.4. The van der Waals surface area contributed by atoms with Crippen molar-refractivity contribution in [1.29, 1.82) is 0 Å². The Morgan fingerprint density at radius 3 is 2.33 bits per heavy atom. The van der Waals surface area contributed by atoms with Gasteiger partial charge in [-0.05, 0) is 62.8 Å². The molecule has 1 atom stereocenters. The molecule has 0 radical (unpaired) electrons. The standard InChI is InChI=1S/C28H39N3O4S/c1-21-12-10-17-26(22(21)2)31(36(4,34)35)19-11-18-27(32)30(20-24-13-6-5-7-14-24)23(3)28(33)29-25-15-8-9-16-25/h5-7,10,12-14,17,23,25H,8-9,11,15-16,18-20H2,1-4H3,(H,29,33)/t23-/m1/s1. The molecule has 196 valence electrons. The average molecular weight is 514 g/mol. The Balaban J connectivity index is 1.72. The van der Waals surface area contributed by atoms with E-state index in [1.54, 1.807) is 17.9 Å². The van der Waals surface area contributed by atoms with Gasteiger partial charge in [-0.25, -0.2) is 8.42 Å². The molecule has 1 aliphatic rings. The number of nitrogens with zero attached hydrogens (tertiary/aromatic N) is 2. The molecule has 1 fully saturated rings. The number of benzene rings is 2. The monoisotopic (exact) mass is 513 g/mol. The molecular weight excluding hydrogens is 474 g/mol. The van der Waals surface area contributed by atoms with Crippen molar-refractivity contribution < 1.29 is 18.0 Å². The van der Waals surface area contributed by atoms with Crippen molar-refractivity contribution in [1.82, 2.24) is 10.2 Å². The topological polar surface area (TPSA) is 86.8 Å². The second-order valence-corrected chi connectivity index (χ2v) is 11.7. The number of carbonyl (C=O) groups is 2. The van der Waals surface area contributed by atoms with E-state index in [0.717, 1.165) is 42.4 Å². The Morgan fingerprint density at radius 2 is 1.69 bits per heavy atom. The van der Waals surface area contributed by atoms with E-state index in [-0.39, 0.29) is 30.8 Å². The largest absolute Gasteiger partial charge is 0.352 e. The molecule has 8 heteroatoms. The minimum atomic E-state index is -3.52. The molecule has 0 bridgehead atoms. The number of nitrogens with one attached hydrogen (secondary N) is 1. The van der Waals surface area contributed by atoms with E-state index in [4.69, 9.17) is 0 Å². The van der Waals surface area contributed by atoms with Gasteiger partial charge in [-0.1, -0.05) is 55.3 Å². The Morgan fingerprint density at radius 1 is 1.03 bits per heavy atom. The van der Waals surface area contributed by atoms with Gasteiger partial charge < -0.3 is 10.2 Å². The Kier molecular flexibility index (Phi) is 9.54. The van der Waals surface area contributed by atoms with Gasteiger partial charge in [0.15, 0.2) is 0 Å². The predicted octanol–water partition coefficient (Wildman–Crippen LogP) is 4.33. The molecule has 2 aromatic rings. The van der Waals surface area contributed by atoms with Gasteiger partial charge >= 0.3 is 0 Å². The molecule has 0 saturated heterocycles. The van der Waals surface area contributed by atoms with Gasteiger partial charge in [0.1, 0.15) is 6.04 Å². The summed E-state index contributed by atoms with van der Waals surface area (Å²) in [6.45, 7) is 6.13. The van der Waals surface area contributed by atoms with Crippen LogP contribution >= 0.6 is 0 Å². The van der Waals surface area contributed by atoms with Crippen LogP contribution in [0, 0.1) is 13.8 Å². The van der Waals surface area contributed by atoms with Gasteiger partial charge in [-0.3, -0.25) is 13.9 Å². The summed E-state index contributed by atoms with van der Waals surface area (Å²) in [5.41, 5.74) is 3.49. The second-order valence-electron chi connectivity index (χ2n) is 9.83. The molecule has 0 aromatic heterocycles. The van der Waals surface area contributed by atoms with Crippen LogP contribution in [0.1, 0.15) is 62.1 Å². The minimum Gasteiger partial charge on any atom is -0.352 e. The summed E-state index contributed by atoms with van der Waals surface area (Å²) < 4.78 is 26.5.